The SMILES string of the molecule is CCCCC(CC)COc1c2cc(-c3scc4sc(C(=O)C(CC)CCCC)cc34)sc2c(OCC(CC)CCCC)c2ccsc12. The van der Waals surface area contributed by atoms with Crippen molar-refractivity contribution >= 4 is 81.4 Å². The second-order valence-electron chi connectivity index (χ2n) is 13.2. The zero-order valence-corrected chi connectivity index (χ0v) is 32.6. The fourth-order valence-corrected chi connectivity index (χ4v) is 11.0. The highest BCUT2D eigenvalue weighted by molar-refractivity contribution is 7.29. The van der Waals surface area contributed by atoms with Gasteiger partial charge in [-0.3, -0.25) is 4.79 Å². The number of hydrogen-bond donors (Lipinski definition) is 0. The van der Waals surface area contributed by atoms with Crippen molar-refractivity contribution in [3.8, 4) is 21.3 Å². The molecule has 256 valence electrons. The Balaban J connectivity index is 1.57. The van der Waals surface area contributed by atoms with E-state index in [1.54, 1.807) is 34.0 Å². The molecule has 0 saturated heterocycles. The molecule has 0 bridgehead atoms. The highest BCUT2D eigenvalue weighted by atomic mass is 32.1. The first-order valence-electron chi connectivity index (χ1n) is 18.2. The summed E-state index contributed by atoms with van der Waals surface area (Å²) in [5.41, 5.74) is 0. The van der Waals surface area contributed by atoms with Gasteiger partial charge < -0.3 is 9.47 Å². The fraction of sp³-hybridized carbons (Fsp3) is 0.575. The topological polar surface area (TPSA) is 35.5 Å². The summed E-state index contributed by atoms with van der Waals surface area (Å²) in [6.45, 7) is 15.0. The molecule has 0 amide bonds. The average molecular weight is 711 g/mol. The molecule has 4 heterocycles. The lowest BCUT2D eigenvalue weighted by Crippen LogP contribution is -2.12. The minimum Gasteiger partial charge on any atom is -0.491 e. The second kappa shape index (κ2) is 17.6. The molecule has 3 unspecified atom stereocenters. The number of unbranched alkanes of at least 4 members (excludes halogenated alkanes) is 3. The third-order valence-electron chi connectivity index (χ3n) is 9.84. The van der Waals surface area contributed by atoms with E-state index in [1.807, 2.05) is 11.3 Å². The van der Waals surface area contributed by atoms with Crippen LogP contribution in [-0.4, -0.2) is 19.0 Å². The van der Waals surface area contributed by atoms with Crippen LogP contribution in [0.5, 0.6) is 11.5 Å². The van der Waals surface area contributed by atoms with Gasteiger partial charge in [0, 0.05) is 37.0 Å². The minimum absolute atomic E-state index is 0.120. The normalized spacial score (nSPS) is 13.9. The molecule has 3 atom stereocenters. The Kier molecular flexibility index (Phi) is 13.6. The van der Waals surface area contributed by atoms with Gasteiger partial charge in [-0.1, -0.05) is 92.9 Å². The first-order valence-corrected chi connectivity index (χ1v) is 21.6. The number of ketones is 1. The molecule has 0 aliphatic heterocycles. The second-order valence-corrected chi connectivity index (χ2v) is 17.1. The van der Waals surface area contributed by atoms with Gasteiger partial charge in [0.15, 0.2) is 5.78 Å². The van der Waals surface area contributed by atoms with E-state index in [4.69, 9.17) is 9.47 Å². The van der Waals surface area contributed by atoms with Crippen LogP contribution in [0.15, 0.2) is 29.0 Å². The molecule has 0 aliphatic rings. The molecule has 1 aromatic carbocycles. The van der Waals surface area contributed by atoms with Crippen molar-refractivity contribution in [3.05, 3.63) is 33.8 Å². The van der Waals surface area contributed by atoms with Crippen molar-refractivity contribution in [2.75, 3.05) is 13.2 Å². The van der Waals surface area contributed by atoms with Gasteiger partial charge in [-0.15, -0.1) is 45.3 Å². The predicted octanol–water partition coefficient (Wildman–Crippen LogP) is 14.6. The lowest BCUT2D eigenvalue weighted by molar-refractivity contribution is 0.0912. The van der Waals surface area contributed by atoms with Gasteiger partial charge >= 0.3 is 0 Å². The van der Waals surface area contributed by atoms with Crippen molar-refractivity contribution < 1.29 is 14.3 Å². The molecule has 0 saturated carbocycles. The lowest BCUT2D eigenvalue weighted by atomic mass is 9.94. The number of hydrogen-bond acceptors (Lipinski definition) is 7. The van der Waals surface area contributed by atoms with E-state index in [0.717, 1.165) is 68.1 Å². The van der Waals surface area contributed by atoms with E-state index in [-0.39, 0.29) is 5.92 Å². The summed E-state index contributed by atoms with van der Waals surface area (Å²) in [4.78, 5) is 17.0. The van der Waals surface area contributed by atoms with E-state index in [2.05, 4.69) is 70.5 Å². The molecule has 0 fully saturated rings. The summed E-state index contributed by atoms with van der Waals surface area (Å²) < 4.78 is 17.3. The summed E-state index contributed by atoms with van der Waals surface area (Å²) in [5, 5.41) is 7.99. The maximum absolute atomic E-state index is 13.6. The molecule has 0 aliphatic carbocycles. The summed E-state index contributed by atoms with van der Waals surface area (Å²) in [6, 6.07) is 6.76. The molecule has 0 radical (unpaired) electrons. The third-order valence-corrected chi connectivity index (χ3v) is 14.3. The summed E-state index contributed by atoms with van der Waals surface area (Å²) in [7, 11) is 0. The van der Waals surface area contributed by atoms with Gasteiger partial charge in [0.05, 0.1) is 32.4 Å². The average Bonchev–Trinajstić information content (AvgIpc) is 3.89. The number of thiophene rings is 4. The number of Topliss-reactive ketones (excluding diaryl/α,β-unsaturated/α-hetero) is 1. The zero-order valence-electron chi connectivity index (χ0n) is 29.4. The number of benzene rings is 1. The molecular weight excluding hydrogens is 657 g/mol. The number of rotatable bonds is 21. The van der Waals surface area contributed by atoms with Crippen LogP contribution in [0.25, 0.3) is 40.0 Å². The Morgan fingerprint density at radius 1 is 0.702 bits per heavy atom. The van der Waals surface area contributed by atoms with Crippen LogP contribution in [0.3, 0.4) is 0 Å². The summed E-state index contributed by atoms with van der Waals surface area (Å²) >= 11 is 7.07. The van der Waals surface area contributed by atoms with Gasteiger partial charge in [-0.05, 0) is 61.1 Å². The van der Waals surface area contributed by atoms with Crippen molar-refractivity contribution in [1.82, 2.24) is 0 Å². The highest BCUT2D eigenvalue weighted by Gasteiger charge is 2.25. The van der Waals surface area contributed by atoms with Gasteiger partial charge in [0.1, 0.15) is 11.5 Å². The number of fused-ring (bicyclic) bond motifs is 3. The lowest BCUT2D eigenvalue weighted by Gasteiger charge is -2.19. The molecule has 47 heavy (non-hydrogen) atoms. The number of ether oxygens (including phenoxy) is 2. The minimum atomic E-state index is 0.120. The molecule has 7 heteroatoms. The van der Waals surface area contributed by atoms with Crippen molar-refractivity contribution in [1.29, 1.82) is 0 Å². The molecule has 5 rings (SSSR count). The van der Waals surface area contributed by atoms with Gasteiger partial charge in [0.25, 0.3) is 0 Å². The first kappa shape index (κ1) is 36.4. The summed E-state index contributed by atoms with van der Waals surface area (Å²) in [6.07, 6.45) is 13.7. The highest BCUT2D eigenvalue weighted by Crippen LogP contribution is 2.52. The van der Waals surface area contributed by atoms with E-state index in [0.29, 0.717) is 17.6 Å². The van der Waals surface area contributed by atoms with Crippen LogP contribution in [0.2, 0.25) is 0 Å². The van der Waals surface area contributed by atoms with E-state index in [9.17, 15) is 4.79 Å². The van der Waals surface area contributed by atoms with E-state index in [1.165, 1.54) is 78.5 Å². The van der Waals surface area contributed by atoms with Gasteiger partial charge in [0.2, 0.25) is 0 Å². The van der Waals surface area contributed by atoms with Crippen molar-refractivity contribution in [2.24, 2.45) is 17.8 Å². The number of carbonyl (C=O) groups is 1. The Morgan fingerprint density at radius 2 is 1.34 bits per heavy atom. The molecule has 0 N–H and O–H groups in total. The maximum Gasteiger partial charge on any atom is 0.175 e. The van der Waals surface area contributed by atoms with Crippen LogP contribution >= 0.6 is 45.3 Å². The fourth-order valence-electron chi connectivity index (χ4n) is 6.56. The summed E-state index contributed by atoms with van der Waals surface area (Å²) in [5.74, 6) is 3.59. The van der Waals surface area contributed by atoms with Crippen molar-refractivity contribution in [2.45, 2.75) is 119 Å². The molecule has 5 aromatic rings. The van der Waals surface area contributed by atoms with Crippen LogP contribution in [0, 0.1) is 17.8 Å². The van der Waals surface area contributed by atoms with E-state index < -0.39 is 0 Å². The largest absolute Gasteiger partial charge is 0.491 e. The van der Waals surface area contributed by atoms with Gasteiger partial charge in [-0.25, -0.2) is 0 Å². The molecule has 4 aromatic heterocycles. The Morgan fingerprint density at radius 3 is 1.96 bits per heavy atom. The van der Waals surface area contributed by atoms with E-state index >= 15 is 0 Å². The standard InChI is InChI=1S/C40H54O3S4/c1-7-13-16-26(10-4)23-42-36-29-19-20-44-39(29)37(43-24-27(11-5)17-14-8-2)31-22-33(47-40(31)36)38-30-21-32(46-34(30)25-45-38)35(41)28(12-6)18-15-9-3/h19-22,25-28H,7-18,23-24H2,1-6H3. The van der Waals surface area contributed by atoms with Crippen LogP contribution in [-0.2, 0) is 0 Å². The third kappa shape index (κ3) is 8.28. The quantitative estimate of drug-likeness (QED) is 0.0711. The van der Waals surface area contributed by atoms with Crippen molar-refractivity contribution in [3.63, 3.8) is 0 Å². The first-order chi connectivity index (χ1) is 23.0. The molecular formula is C40H54O3S4. The van der Waals surface area contributed by atoms with Crippen LogP contribution in [0.4, 0.5) is 0 Å². The Hall–Kier alpha value is -1.93. The predicted molar refractivity (Wildman–Crippen MR) is 211 cm³/mol. The molecule has 3 nitrogen and oxygen atoms in total. The maximum atomic E-state index is 13.6. The Bertz CT molecular complexity index is 1650. The molecule has 0 spiro atoms. The van der Waals surface area contributed by atoms with Crippen LogP contribution < -0.4 is 9.47 Å². The zero-order chi connectivity index (χ0) is 33.3. The smallest absolute Gasteiger partial charge is 0.175 e. The number of carbonyl (C=O) groups excluding carboxylic acids is 1. The van der Waals surface area contributed by atoms with Crippen LogP contribution in [0.1, 0.15) is 128 Å². The van der Waals surface area contributed by atoms with Gasteiger partial charge in [-0.2, -0.15) is 0 Å². The Labute approximate surface area is 298 Å². The monoisotopic (exact) mass is 710 g/mol.